The number of rotatable bonds is 13. The van der Waals surface area contributed by atoms with Gasteiger partial charge in [-0.3, -0.25) is 19.4 Å². The molecule has 2 saturated heterocycles. The molecule has 0 radical (unpaired) electrons. The van der Waals surface area contributed by atoms with E-state index in [0.717, 1.165) is 34.7 Å². The van der Waals surface area contributed by atoms with Crippen LogP contribution in [0.5, 0.6) is 5.75 Å². The Morgan fingerprint density at radius 2 is 1.72 bits per heavy atom. The minimum absolute atomic E-state index is 0.0161. The number of piperidine rings is 2. The number of alkyl halides is 6. The number of ether oxygens (including phenoxy) is 2. The summed E-state index contributed by atoms with van der Waals surface area (Å²) in [6.07, 6.45) is -7.60. The van der Waals surface area contributed by atoms with Gasteiger partial charge >= 0.3 is 18.3 Å². The normalized spacial score (nSPS) is 20.2. The van der Waals surface area contributed by atoms with Crippen molar-refractivity contribution < 1.29 is 55.3 Å². The molecule has 0 saturated carbocycles. The molecule has 2 unspecified atom stereocenters. The maximum Gasteiger partial charge on any atom is 0.425 e. The molecule has 5 rings (SSSR count). The van der Waals surface area contributed by atoms with E-state index in [4.69, 9.17) is 9.47 Å². The molecule has 1 aromatic carbocycles. The van der Waals surface area contributed by atoms with Crippen LogP contribution in [0.2, 0.25) is 0 Å². The van der Waals surface area contributed by atoms with Gasteiger partial charge in [-0.2, -0.15) is 31.6 Å². The van der Waals surface area contributed by atoms with Crippen LogP contribution in [-0.4, -0.2) is 75.6 Å². The Hall–Kier alpha value is -4.69. The quantitative estimate of drug-likeness (QED) is 0.134. The third kappa shape index (κ3) is 9.22. The second kappa shape index (κ2) is 17.0. The van der Waals surface area contributed by atoms with E-state index in [0.29, 0.717) is 28.9 Å². The fraction of sp³-hybridized carbons (Fsp3) is 0.525. The van der Waals surface area contributed by atoms with E-state index in [9.17, 15) is 46.3 Å². The van der Waals surface area contributed by atoms with E-state index in [2.05, 4.69) is 11.1 Å². The number of aromatic nitrogens is 1. The van der Waals surface area contributed by atoms with Crippen LogP contribution in [0.4, 0.5) is 26.3 Å². The average molecular weight is 823 g/mol. The molecule has 57 heavy (non-hydrogen) atoms. The van der Waals surface area contributed by atoms with Crippen LogP contribution >= 0.6 is 11.3 Å². The number of hydrogen-bond donors (Lipinski definition) is 1. The molecule has 3 aromatic rings. The van der Waals surface area contributed by atoms with Gasteiger partial charge in [0, 0.05) is 50.3 Å². The number of carboxylic acid groups (broad SMARTS) is 1. The molecule has 308 valence electrons. The first kappa shape index (κ1) is 43.4. The number of thiophene rings is 1. The van der Waals surface area contributed by atoms with Crippen molar-refractivity contribution in [3.05, 3.63) is 81.3 Å². The van der Waals surface area contributed by atoms with Gasteiger partial charge < -0.3 is 24.4 Å². The summed E-state index contributed by atoms with van der Waals surface area (Å²) in [7, 11) is 0. The van der Waals surface area contributed by atoms with Gasteiger partial charge in [-0.15, -0.1) is 11.3 Å². The highest BCUT2D eigenvalue weighted by Crippen LogP contribution is 2.44. The molecular formula is C40H44F6N4O6S. The van der Waals surface area contributed by atoms with Gasteiger partial charge in [0.1, 0.15) is 16.3 Å². The number of carboxylic acids is 1. The van der Waals surface area contributed by atoms with Crippen molar-refractivity contribution in [3.63, 3.8) is 0 Å². The van der Waals surface area contributed by atoms with Gasteiger partial charge in [0.05, 0.1) is 35.1 Å². The van der Waals surface area contributed by atoms with Crippen molar-refractivity contribution >= 4 is 29.1 Å². The molecule has 2 atom stereocenters. The average Bonchev–Trinajstić information content (AvgIpc) is 3.66. The second-order valence-electron chi connectivity index (χ2n) is 15.1. The first-order valence-corrected chi connectivity index (χ1v) is 19.5. The number of hydrogen-bond acceptors (Lipinski definition) is 8. The first-order chi connectivity index (χ1) is 26.8. The van der Waals surface area contributed by atoms with Crippen molar-refractivity contribution in [1.29, 1.82) is 5.26 Å². The summed E-state index contributed by atoms with van der Waals surface area (Å²) in [6, 6.07) is 11.0. The Balaban J connectivity index is 1.47. The number of nitrogens with zero attached hydrogens (tertiary/aromatic N) is 4. The van der Waals surface area contributed by atoms with Crippen LogP contribution in [0.1, 0.15) is 97.8 Å². The molecule has 10 nitrogen and oxygen atoms in total. The number of carbonyl (C=O) groups excluding carboxylic acids is 2. The van der Waals surface area contributed by atoms with E-state index in [-0.39, 0.29) is 77.1 Å². The number of halogens is 6. The third-order valence-corrected chi connectivity index (χ3v) is 11.8. The molecule has 1 N–H and O–H groups in total. The van der Waals surface area contributed by atoms with Crippen LogP contribution in [0.25, 0.3) is 0 Å². The maximum atomic E-state index is 15.0. The molecule has 2 aliphatic heterocycles. The van der Waals surface area contributed by atoms with Gasteiger partial charge in [0.2, 0.25) is 5.60 Å². The maximum absolute atomic E-state index is 15.0. The number of benzene rings is 1. The molecule has 2 aliphatic rings. The van der Waals surface area contributed by atoms with Crippen LogP contribution in [-0.2, 0) is 38.7 Å². The number of likely N-dealkylation sites (tertiary alicyclic amines) is 2. The van der Waals surface area contributed by atoms with Gasteiger partial charge in [0.25, 0.3) is 11.8 Å². The molecule has 2 fully saturated rings. The molecule has 0 spiro atoms. The lowest BCUT2D eigenvalue weighted by molar-refractivity contribution is -0.160. The van der Waals surface area contributed by atoms with Gasteiger partial charge in [-0.25, -0.2) is 0 Å². The summed E-state index contributed by atoms with van der Waals surface area (Å²) in [6.45, 7) is 5.17. The molecule has 2 amide bonds. The summed E-state index contributed by atoms with van der Waals surface area (Å²) in [5.74, 6) is -2.97. The lowest BCUT2D eigenvalue weighted by Crippen LogP contribution is -2.68. The number of aliphatic carboxylic acids is 1. The zero-order valence-electron chi connectivity index (χ0n) is 31.7. The van der Waals surface area contributed by atoms with Crippen molar-refractivity contribution in [1.82, 2.24) is 14.8 Å². The highest BCUT2D eigenvalue weighted by Gasteiger charge is 2.57. The fourth-order valence-electron chi connectivity index (χ4n) is 7.61. The number of nitriles is 1. The molecular weight excluding hydrogens is 779 g/mol. The molecule has 4 heterocycles. The summed E-state index contributed by atoms with van der Waals surface area (Å²) in [5.41, 5.74) is -4.82. The van der Waals surface area contributed by atoms with E-state index in [1.807, 2.05) is 6.07 Å². The largest absolute Gasteiger partial charge is 0.481 e. The van der Waals surface area contributed by atoms with Crippen LogP contribution in [0, 0.1) is 16.7 Å². The highest BCUT2D eigenvalue weighted by molar-refractivity contribution is 7.10. The Morgan fingerprint density at radius 1 is 1.02 bits per heavy atom. The van der Waals surface area contributed by atoms with Crippen molar-refractivity contribution in [3.8, 4) is 11.8 Å². The number of pyridine rings is 1. The van der Waals surface area contributed by atoms with Crippen molar-refractivity contribution in [2.45, 2.75) is 102 Å². The summed E-state index contributed by atoms with van der Waals surface area (Å²) < 4.78 is 95.6. The number of amides is 2. The molecule has 0 aliphatic carbocycles. The smallest absolute Gasteiger partial charge is 0.425 e. The van der Waals surface area contributed by atoms with Gasteiger partial charge in [0.15, 0.2) is 0 Å². The summed E-state index contributed by atoms with van der Waals surface area (Å²) in [5, 5.41) is 21.2. The van der Waals surface area contributed by atoms with E-state index in [1.54, 1.807) is 39.0 Å². The van der Waals surface area contributed by atoms with Crippen molar-refractivity contribution in [2.24, 2.45) is 5.41 Å². The van der Waals surface area contributed by atoms with Gasteiger partial charge in [-0.1, -0.05) is 37.6 Å². The fourth-order valence-corrected chi connectivity index (χ4v) is 8.28. The van der Waals surface area contributed by atoms with E-state index >= 15 is 4.79 Å². The molecule has 2 aromatic heterocycles. The van der Waals surface area contributed by atoms with Gasteiger partial charge in [-0.05, 0) is 69.2 Å². The highest BCUT2D eigenvalue weighted by atomic mass is 32.1. The third-order valence-electron chi connectivity index (χ3n) is 10.9. The summed E-state index contributed by atoms with van der Waals surface area (Å²) in [4.78, 5) is 46.0. The molecule has 17 heteroatoms. The first-order valence-electron chi connectivity index (χ1n) is 18.6. The summed E-state index contributed by atoms with van der Waals surface area (Å²) >= 11 is 0.362. The molecule has 0 bridgehead atoms. The van der Waals surface area contributed by atoms with Crippen LogP contribution < -0.4 is 4.74 Å². The monoisotopic (exact) mass is 822 g/mol. The predicted octanol–water partition coefficient (Wildman–Crippen LogP) is 8.50. The Kier molecular flexibility index (Phi) is 13.0. The van der Waals surface area contributed by atoms with E-state index in [1.165, 1.54) is 4.90 Å². The second-order valence-corrected chi connectivity index (χ2v) is 16.0. The lowest BCUT2D eigenvalue weighted by Gasteiger charge is -2.51. The standard InChI is InChI=1S/C40H44F6N4O6S/c1-4-9-30-38(56-27-22-31(57-24-27)40(44,45)46,13-8-18-50(30)33(51)32-29(39(41,42)43)12-7-17-48-32)34(52)49-19-14-37(25-47,15-20-49)28-11-6-5-10-26(28)23-55-21-16-36(2,3)35(53)54/h5-7,10-12,17,22,24,30H,4,8-9,13-16,18-21,23H2,1-3H3,(H,53,54). The Morgan fingerprint density at radius 3 is 2.33 bits per heavy atom. The van der Waals surface area contributed by atoms with E-state index < -0.39 is 68.7 Å². The van der Waals surface area contributed by atoms with Crippen molar-refractivity contribution in [2.75, 3.05) is 26.2 Å². The van der Waals surface area contributed by atoms with Crippen LogP contribution in [0.15, 0.2) is 54.0 Å². The number of carbonyl (C=O) groups is 3. The SMILES string of the molecule is CCCC1N(C(=O)c2ncccc2C(F)(F)F)CCCC1(Oc1csc(C(F)(F)F)c1)C(=O)N1CCC(C#N)(c2ccccc2COCCC(C)(C)C(=O)O)CC1. The zero-order valence-corrected chi connectivity index (χ0v) is 32.5. The minimum atomic E-state index is -4.92. The minimum Gasteiger partial charge on any atom is -0.481 e. The zero-order chi connectivity index (χ0) is 41.8. The Bertz CT molecular complexity index is 1970. The Labute approximate surface area is 330 Å². The topological polar surface area (TPSA) is 133 Å². The van der Waals surface area contributed by atoms with Crippen LogP contribution in [0.3, 0.4) is 0 Å². The lowest BCUT2D eigenvalue weighted by atomic mass is 9.71. The predicted molar refractivity (Wildman–Crippen MR) is 196 cm³/mol.